The minimum atomic E-state index is -0.601. The predicted molar refractivity (Wildman–Crippen MR) is 115 cm³/mol. The molecule has 3 rings (SSSR count). The minimum absolute atomic E-state index is 0.0659. The summed E-state index contributed by atoms with van der Waals surface area (Å²) in [5, 5.41) is 24.0. The number of hydrogen-bond donors (Lipinski definition) is 4. The van der Waals surface area contributed by atoms with Crippen LogP contribution in [0.25, 0.3) is 16.7 Å². The Kier molecular flexibility index (Phi) is 6.04. The van der Waals surface area contributed by atoms with Gasteiger partial charge in [0.05, 0.1) is 5.69 Å². The third-order valence-electron chi connectivity index (χ3n) is 4.26. The molecule has 0 radical (unpaired) electrons. The highest BCUT2D eigenvalue weighted by atomic mass is 19.1. The van der Waals surface area contributed by atoms with Gasteiger partial charge in [-0.3, -0.25) is 4.79 Å². The van der Waals surface area contributed by atoms with E-state index in [0.717, 1.165) is 11.9 Å². The second-order valence-corrected chi connectivity index (χ2v) is 6.33. The summed E-state index contributed by atoms with van der Waals surface area (Å²) >= 11 is 0. The molecule has 0 bridgehead atoms. The summed E-state index contributed by atoms with van der Waals surface area (Å²) in [5.74, 6) is -1.03. The van der Waals surface area contributed by atoms with Crippen LogP contribution in [0.15, 0.2) is 72.9 Å². The Balaban J connectivity index is 1.95. The van der Waals surface area contributed by atoms with Gasteiger partial charge in [0, 0.05) is 41.7 Å². The van der Waals surface area contributed by atoms with Gasteiger partial charge < -0.3 is 21.1 Å². The van der Waals surface area contributed by atoms with E-state index in [1.54, 1.807) is 30.5 Å². The molecule has 0 aliphatic rings. The first-order valence-corrected chi connectivity index (χ1v) is 8.91. The third kappa shape index (κ3) is 4.68. The van der Waals surface area contributed by atoms with Gasteiger partial charge in [0.15, 0.2) is 0 Å². The highest BCUT2D eigenvalue weighted by Gasteiger charge is 2.13. The Bertz CT molecular complexity index is 1080. The van der Waals surface area contributed by atoms with E-state index in [4.69, 9.17) is 5.41 Å². The number of amides is 1. The van der Waals surface area contributed by atoms with Crippen molar-refractivity contribution < 1.29 is 14.3 Å². The molecule has 4 N–H and O–H groups in total. The third-order valence-corrected chi connectivity index (χ3v) is 4.26. The quantitative estimate of drug-likeness (QED) is 0.434. The molecule has 0 heterocycles. The molecular formula is C23H20FN3O2. The van der Waals surface area contributed by atoms with E-state index < -0.39 is 5.82 Å². The van der Waals surface area contributed by atoms with E-state index in [0.29, 0.717) is 22.3 Å². The molecule has 146 valence electrons. The lowest BCUT2D eigenvalue weighted by molar-refractivity contribution is -0.114. The summed E-state index contributed by atoms with van der Waals surface area (Å²) in [5.41, 5.74) is 2.69. The zero-order valence-electron chi connectivity index (χ0n) is 15.7. The highest BCUT2D eigenvalue weighted by molar-refractivity contribution is 6.10. The van der Waals surface area contributed by atoms with Gasteiger partial charge in [-0.25, -0.2) is 4.39 Å². The van der Waals surface area contributed by atoms with Crippen LogP contribution in [0.5, 0.6) is 5.75 Å². The summed E-state index contributed by atoms with van der Waals surface area (Å²) < 4.78 is 14.3. The molecule has 0 fully saturated rings. The molecule has 5 nitrogen and oxygen atoms in total. The van der Waals surface area contributed by atoms with Gasteiger partial charge in [-0.05, 0) is 29.8 Å². The number of hydrogen-bond acceptors (Lipinski definition) is 4. The molecule has 0 aliphatic carbocycles. The molecule has 0 aliphatic heterocycles. The minimum Gasteiger partial charge on any atom is -0.507 e. The Morgan fingerprint density at radius 3 is 2.48 bits per heavy atom. The zero-order valence-corrected chi connectivity index (χ0v) is 15.7. The van der Waals surface area contributed by atoms with Crippen LogP contribution in [0.1, 0.15) is 12.5 Å². The van der Waals surface area contributed by atoms with Gasteiger partial charge in [0.25, 0.3) is 0 Å². The maximum absolute atomic E-state index is 14.3. The van der Waals surface area contributed by atoms with Gasteiger partial charge in [0.1, 0.15) is 11.6 Å². The van der Waals surface area contributed by atoms with Crippen LogP contribution < -0.4 is 10.6 Å². The molecule has 3 aromatic carbocycles. The fraction of sp³-hybridized carbons (Fsp3) is 0.0435. The zero-order chi connectivity index (χ0) is 20.8. The molecule has 0 saturated heterocycles. The van der Waals surface area contributed by atoms with E-state index in [1.807, 2.05) is 30.3 Å². The Morgan fingerprint density at radius 2 is 1.83 bits per heavy atom. The van der Waals surface area contributed by atoms with E-state index in [9.17, 15) is 14.3 Å². The molecule has 0 spiro atoms. The number of para-hydroxylation sites is 2. The number of rotatable bonds is 6. The molecule has 0 unspecified atom stereocenters. The van der Waals surface area contributed by atoms with Crippen LogP contribution in [-0.4, -0.2) is 17.2 Å². The monoisotopic (exact) mass is 389 g/mol. The van der Waals surface area contributed by atoms with Gasteiger partial charge in [0.2, 0.25) is 5.91 Å². The van der Waals surface area contributed by atoms with Gasteiger partial charge >= 0.3 is 0 Å². The van der Waals surface area contributed by atoms with Crippen LogP contribution in [0.4, 0.5) is 15.8 Å². The van der Waals surface area contributed by atoms with E-state index in [2.05, 4.69) is 10.6 Å². The highest BCUT2D eigenvalue weighted by Crippen LogP contribution is 2.36. The number of aromatic hydroxyl groups is 1. The standard InChI is InChI=1S/C23H20FN3O2/c1-15(28)27-22-11-10-16(12-21(22)24)19-8-5-9-20(23(19)29)17(13-25)14-26-18-6-3-2-4-7-18/h2-14,25-26,29H,1H3,(H,27,28)/b17-14+,25-13?. The van der Waals surface area contributed by atoms with Crippen molar-refractivity contribution in [1.29, 1.82) is 5.41 Å². The van der Waals surface area contributed by atoms with Crippen LogP contribution >= 0.6 is 0 Å². The lowest BCUT2D eigenvalue weighted by atomic mass is 9.97. The van der Waals surface area contributed by atoms with Gasteiger partial charge in [-0.15, -0.1) is 0 Å². The Labute approximate surface area is 168 Å². The number of carbonyl (C=O) groups is 1. The number of carbonyl (C=O) groups excluding carboxylic acids is 1. The predicted octanol–water partition coefficient (Wildman–Crippen LogP) is 5.26. The first-order chi connectivity index (χ1) is 14.0. The van der Waals surface area contributed by atoms with Crippen molar-refractivity contribution in [2.45, 2.75) is 6.92 Å². The summed E-state index contributed by atoms with van der Waals surface area (Å²) in [6.45, 7) is 1.30. The normalized spacial score (nSPS) is 11.0. The van der Waals surface area contributed by atoms with Crippen molar-refractivity contribution in [3.05, 3.63) is 84.3 Å². The van der Waals surface area contributed by atoms with Crippen molar-refractivity contribution in [2.24, 2.45) is 0 Å². The number of nitrogens with one attached hydrogen (secondary N) is 3. The summed E-state index contributed by atoms with van der Waals surface area (Å²) in [7, 11) is 0. The topological polar surface area (TPSA) is 85.2 Å². The number of benzene rings is 3. The second kappa shape index (κ2) is 8.84. The summed E-state index contributed by atoms with van der Waals surface area (Å²) in [6, 6.07) is 18.8. The van der Waals surface area contributed by atoms with Crippen molar-refractivity contribution in [3.8, 4) is 16.9 Å². The first kappa shape index (κ1) is 19.8. The number of halogens is 1. The van der Waals surface area contributed by atoms with Crippen LogP contribution in [0.3, 0.4) is 0 Å². The van der Waals surface area contributed by atoms with Crippen molar-refractivity contribution in [3.63, 3.8) is 0 Å². The Morgan fingerprint density at radius 1 is 1.07 bits per heavy atom. The maximum Gasteiger partial charge on any atom is 0.221 e. The first-order valence-electron chi connectivity index (χ1n) is 8.91. The Hall–Kier alpha value is -3.93. The molecular weight excluding hydrogens is 369 g/mol. The van der Waals surface area contributed by atoms with Gasteiger partial charge in [-0.2, -0.15) is 0 Å². The number of allylic oxidation sites excluding steroid dienone is 1. The van der Waals surface area contributed by atoms with E-state index in [-0.39, 0.29) is 17.3 Å². The van der Waals surface area contributed by atoms with Crippen LogP contribution in [0.2, 0.25) is 0 Å². The fourth-order valence-corrected chi connectivity index (χ4v) is 2.88. The number of phenolic OH excluding ortho intramolecular Hbond substituents is 1. The molecule has 0 saturated carbocycles. The van der Waals surface area contributed by atoms with Crippen molar-refractivity contribution in [2.75, 3.05) is 10.6 Å². The van der Waals surface area contributed by atoms with Crippen molar-refractivity contribution >= 4 is 29.1 Å². The smallest absolute Gasteiger partial charge is 0.221 e. The largest absolute Gasteiger partial charge is 0.507 e. The number of phenols is 1. The lowest BCUT2D eigenvalue weighted by Gasteiger charge is -2.12. The molecule has 3 aromatic rings. The molecule has 29 heavy (non-hydrogen) atoms. The fourth-order valence-electron chi connectivity index (χ4n) is 2.88. The lowest BCUT2D eigenvalue weighted by Crippen LogP contribution is -2.07. The van der Waals surface area contributed by atoms with E-state index in [1.165, 1.54) is 19.1 Å². The SMILES string of the molecule is CC(=O)Nc1ccc(-c2cccc(/C(C=N)=C/Nc3ccccc3)c2O)cc1F. The molecule has 0 atom stereocenters. The average Bonchev–Trinajstić information content (AvgIpc) is 2.71. The summed E-state index contributed by atoms with van der Waals surface area (Å²) in [4.78, 5) is 11.1. The maximum atomic E-state index is 14.3. The van der Waals surface area contributed by atoms with Crippen molar-refractivity contribution in [1.82, 2.24) is 0 Å². The van der Waals surface area contributed by atoms with Crippen LogP contribution in [-0.2, 0) is 4.79 Å². The molecule has 1 amide bonds. The molecule has 6 heteroatoms. The van der Waals surface area contributed by atoms with Crippen LogP contribution in [0, 0.1) is 11.2 Å². The van der Waals surface area contributed by atoms with Gasteiger partial charge in [-0.1, -0.05) is 42.5 Å². The second-order valence-electron chi connectivity index (χ2n) is 6.33. The molecule has 0 aromatic heterocycles. The summed E-state index contributed by atoms with van der Waals surface area (Å²) in [6.07, 6.45) is 2.76. The van der Waals surface area contributed by atoms with E-state index >= 15 is 0 Å². The number of anilines is 2. The average molecular weight is 389 g/mol.